The molecule has 194 valence electrons. The van der Waals surface area contributed by atoms with E-state index < -0.39 is 11.9 Å². The Morgan fingerprint density at radius 2 is 1.50 bits per heavy atom. The lowest BCUT2D eigenvalue weighted by atomic mass is 10.1. The number of hydrogen-bond donors (Lipinski definition) is 2. The van der Waals surface area contributed by atoms with E-state index in [9.17, 15) is 14.4 Å². The van der Waals surface area contributed by atoms with Gasteiger partial charge in [-0.15, -0.1) is 0 Å². The molecule has 0 unspecified atom stereocenters. The average molecular weight is 514 g/mol. The monoisotopic (exact) mass is 513 g/mol. The van der Waals surface area contributed by atoms with Crippen molar-refractivity contribution in [2.45, 2.75) is 71.1 Å². The number of rotatable bonds is 16. The number of hydrogen-bond acceptors (Lipinski definition) is 5. The highest BCUT2D eigenvalue weighted by Crippen LogP contribution is 2.18. The fourth-order valence-corrected chi connectivity index (χ4v) is 3.63. The number of esters is 1. The van der Waals surface area contributed by atoms with Crippen molar-refractivity contribution in [1.29, 1.82) is 0 Å². The summed E-state index contributed by atoms with van der Waals surface area (Å²) in [5.41, 5.74) is 3.24. The van der Waals surface area contributed by atoms with Gasteiger partial charge in [0.05, 0.1) is 18.3 Å². The van der Waals surface area contributed by atoms with E-state index >= 15 is 0 Å². The molecule has 7 nitrogen and oxygen atoms in total. The van der Waals surface area contributed by atoms with E-state index in [-0.39, 0.29) is 12.5 Å². The lowest BCUT2D eigenvalue weighted by Crippen LogP contribution is -2.34. The van der Waals surface area contributed by atoms with Crippen molar-refractivity contribution in [3.05, 3.63) is 64.7 Å². The number of amides is 2. The van der Waals surface area contributed by atoms with E-state index in [0.29, 0.717) is 28.3 Å². The van der Waals surface area contributed by atoms with Crippen molar-refractivity contribution in [1.82, 2.24) is 10.7 Å². The van der Waals surface area contributed by atoms with Gasteiger partial charge < -0.3 is 10.1 Å². The predicted octanol–water partition coefficient (Wildman–Crippen LogP) is 6.05. The molecule has 8 heteroatoms. The minimum atomic E-state index is -0.536. The third kappa shape index (κ3) is 12.0. The summed E-state index contributed by atoms with van der Waals surface area (Å²) in [4.78, 5) is 36.3. The zero-order valence-corrected chi connectivity index (χ0v) is 21.7. The lowest BCUT2D eigenvalue weighted by molar-refractivity contribution is -0.126. The van der Waals surface area contributed by atoms with Gasteiger partial charge in [-0.1, -0.05) is 82.0 Å². The van der Waals surface area contributed by atoms with Gasteiger partial charge in [0.15, 0.2) is 0 Å². The number of carbonyl (C=O) groups excluding carboxylic acids is 3. The van der Waals surface area contributed by atoms with Crippen molar-refractivity contribution in [3.8, 4) is 5.75 Å². The van der Waals surface area contributed by atoms with Crippen LogP contribution in [0.15, 0.2) is 53.6 Å². The molecule has 0 aliphatic rings. The van der Waals surface area contributed by atoms with Crippen molar-refractivity contribution in [2.75, 3.05) is 6.54 Å². The normalized spacial score (nSPS) is 10.8. The second-order valence-electron chi connectivity index (χ2n) is 8.58. The van der Waals surface area contributed by atoms with Gasteiger partial charge >= 0.3 is 5.97 Å². The van der Waals surface area contributed by atoms with Crippen molar-refractivity contribution < 1.29 is 19.1 Å². The number of nitrogens with one attached hydrogen (secondary N) is 2. The van der Waals surface area contributed by atoms with Crippen LogP contribution in [0.2, 0.25) is 5.02 Å². The number of unbranched alkanes of at least 4 members (excludes halogenated alkanes) is 8. The molecular formula is C28H36ClN3O4. The first-order valence-corrected chi connectivity index (χ1v) is 13.0. The van der Waals surface area contributed by atoms with Gasteiger partial charge in [-0.2, -0.15) is 5.10 Å². The molecule has 0 spiro atoms. The summed E-state index contributed by atoms with van der Waals surface area (Å²) in [6, 6.07) is 13.2. The first-order chi connectivity index (χ1) is 17.5. The summed E-state index contributed by atoms with van der Waals surface area (Å²) >= 11 is 5.85. The molecule has 36 heavy (non-hydrogen) atoms. The Balaban J connectivity index is 1.66. The van der Waals surface area contributed by atoms with Gasteiger partial charge in [-0.25, -0.2) is 10.2 Å². The molecule has 0 saturated heterocycles. The molecule has 2 aromatic carbocycles. The van der Waals surface area contributed by atoms with E-state index in [4.69, 9.17) is 16.3 Å². The molecule has 0 atom stereocenters. The highest BCUT2D eigenvalue weighted by molar-refractivity contribution is 6.30. The van der Waals surface area contributed by atoms with E-state index in [1.807, 2.05) is 0 Å². The largest absolute Gasteiger partial charge is 0.422 e. The number of hydrazone groups is 1. The number of halogens is 1. The van der Waals surface area contributed by atoms with Crippen LogP contribution >= 0.6 is 11.6 Å². The first-order valence-electron chi connectivity index (χ1n) is 12.6. The minimum Gasteiger partial charge on any atom is -0.422 e. The van der Waals surface area contributed by atoms with E-state index in [1.54, 1.807) is 48.5 Å². The summed E-state index contributed by atoms with van der Waals surface area (Å²) in [6.45, 7) is 2.06. The molecule has 2 N–H and O–H groups in total. The maximum Gasteiger partial charge on any atom is 0.343 e. The molecule has 0 fully saturated rings. The number of carbonyl (C=O) groups is 3. The van der Waals surface area contributed by atoms with Crippen LogP contribution < -0.4 is 15.5 Å². The summed E-state index contributed by atoms with van der Waals surface area (Å²) in [6.07, 6.45) is 12.5. The van der Waals surface area contributed by atoms with Crippen LogP contribution in [0.3, 0.4) is 0 Å². The molecule has 2 rings (SSSR count). The number of benzene rings is 2. The topological polar surface area (TPSA) is 96.9 Å². The molecule has 0 heterocycles. The zero-order chi connectivity index (χ0) is 26.0. The minimum absolute atomic E-state index is 0.142. The highest BCUT2D eigenvalue weighted by Gasteiger charge is 2.11. The SMILES string of the molecule is CCCCCCCCCCCC(=O)NCC(=O)NN=Cc1ccccc1OC(=O)c1ccc(Cl)cc1. The van der Waals surface area contributed by atoms with Crippen molar-refractivity contribution >= 4 is 35.6 Å². The second kappa shape index (κ2) is 17.3. The first kappa shape index (κ1) is 29.0. The Labute approximate surface area is 218 Å². The van der Waals surface area contributed by atoms with E-state index in [0.717, 1.165) is 19.3 Å². The summed E-state index contributed by atoms with van der Waals surface area (Å²) in [5.74, 6) is -0.824. The molecule has 0 aliphatic carbocycles. The zero-order valence-electron chi connectivity index (χ0n) is 20.9. The molecular weight excluding hydrogens is 478 g/mol. The van der Waals surface area contributed by atoms with Crippen LogP contribution in [0.1, 0.15) is 87.1 Å². The van der Waals surface area contributed by atoms with Crippen LogP contribution in [0.4, 0.5) is 0 Å². The van der Waals surface area contributed by atoms with E-state index in [1.165, 1.54) is 44.7 Å². The summed E-state index contributed by atoms with van der Waals surface area (Å²) in [7, 11) is 0. The molecule has 0 bridgehead atoms. The van der Waals surface area contributed by atoms with Gasteiger partial charge in [-0.3, -0.25) is 9.59 Å². The van der Waals surface area contributed by atoms with Gasteiger partial charge in [0, 0.05) is 17.0 Å². The maximum atomic E-state index is 12.4. The fraction of sp³-hybridized carbons (Fsp3) is 0.429. The summed E-state index contributed by atoms with van der Waals surface area (Å²) in [5, 5.41) is 7.04. The summed E-state index contributed by atoms with van der Waals surface area (Å²) < 4.78 is 5.45. The second-order valence-corrected chi connectivity index (χ2v) is 9.02. The van der Waals surface area contributed by atoms with Crippen molar-refractivity contribution in [2.24, 2.45) is 5.10 Å². The average Bonchev–Trinajstić information content (AvgIpc) is 2.88. The molecule has 0 aliphatic heterocycles. The molecule has 0 radical (unpaired) electrons. The fourth-order valence-electron chi connectivity index (χ4n) is 3.50. The Morgan fingerprint density at radius 3 is 2.19 bits per heavy atom. The quantitative estimate of drug-likeness (QED) is 0.0938. The maximum absolute atomic E-state index is 12.4. The third-order valence-electron chi connectivity index (χ3n) is 5.55. The van der Waals surface area contributed by atoms with Gasteiger partial charge in [0.25, 0.3) is 5.91 Å². The van der Waals surface area contributed by atoms with E-state index in [2.05, 4.69) is 22.8 Å². The standard InChI is InChI=1S/C28H36ClN3O4/c1-2-3-4-5-6-7-8-9-10-15-26(33)30-21-27(34)32-31-20-23-13-11-12-14-25(23)36-28(35)22-16-18-24(29)19-17-22/h11-14,16-20H,2-10,15,21H2,1H3,(H,30,33)(H,32,34). The molecule has 0 saturated carbocycles. The van der Waals surface area contributed by atoms with Crippen LogP contribution in [-0.4, -0.2) is 30.5 Å². The predicted molar refractivity (Wildman–Crippen MR) is 143 cm³/mol. The highest BCUT2D eigenvalue weighted by atomic mass is 35.5. The van der Waals surface area contributed by atoms with Crippen LogP contribution in [-0.2, 0) is 9.59 Å². The van der Waals surface area contributed by atoms with Gasteiger partial charge in [-0.05, 0) is 42.8 Å². The number of nitrogens with zero attached hydrogens (tertiary/aromatic N) is 1. The van der Waals surface area contributed by atoms with Crippen LogP contribution in [0.5, 0.6) is 5.75 Å². The Bertz CT molecular complexity index is 993. The Kier molecular flexibility index (Phi) is 13.9. The number of para-hydroxylation sites is 1. The lowest BCUT2D eigenvalue weighted by Gasteiger charge is -2.07. The molecule has 2 amide bonds. The van der Waals surface area contributed by atoms with Gasteiger partial charge in [0.1, 0.15) is 5.75 Å². The van der Waals surface area contributed by atoms with Crippen LogP contribution in [0.25, 0.3) is 0 Å². The van der Waals surface area contributed by atoms with Crippen LogP contribution in [0, 0.1) is 0 Å². The molecule has 2 aromatic rings. The molecule has 0 aromatic heterocycles. The smallest absolute Gasteiger partial charge is 0.343 e. The Morgan fingerprint density at radius 1 is 0.861 bits per heavy atom. The van der Waals surface area contributed by atoms with Gasteiger partial charge in [0.2, 0.25) is 5.91 Å². The Hall–Kier alpha value is -3.19. The third-order valence-corrected chi connectivity index (χ3v) is 5.80. The number of ether oxygens (including phenoxy) is 1. The van der Waals surface area contributed by atoms with Crippen molar-refractivity contribution in [3.63, 3.8) is 0 Å².